The van der Waals surface area contributed by atoms with Crippen molar-refractivity contribution in [2.45, 2.75) is 6.61 Å². The van der Waals surface area contributed by atoms with Crippen LogP contribution in [0.2, 0.25) is 0 Å². The van der Waals surface area contributed by atoms with E-state index in [-0.39, 0.29) is 12.4 Å². The first-order chi connectivity index (χ1) is 7.33. The van der Waals surface area contributed by atoms with Crippen LogP contribution in [-0.4, -0.2) is 22.4 Å². The zero-order chi connectivity index (χ0) is 10.7. The van der Waals surface area contributed by atoms with Crippen LogP contribution in [0.5, 0.6) is 5.75 Å². The lowest BCUT2D eigenvalue weighted by molar-refractivity contribution is 0.264. The molecule has 5 heteroatoms. The highest BCUT2D eigenvalue weighted by molar-refractivity contribution is 5.54. The highest BCUT2D eigenvalue weighted by atomic mass is 16.5. The number of benzene rings is 1. The molecule has 15 heavy (non-hydrogen) atoms. The zero-order valence-corrected chi connectivity index (χ0v) is 8.17. The summed E-state index contributed by atoms with van der Waals surface area (Å²) in [4.78, 5) is 3.99. The third-order valence-electron chi connectivity index (χ3n) is 1.95. The lowest BCUT2D eigenvalue weighted by Crippen LogP contribution is -1.85. The Kier molecular flexibility index (Phi) is 2.64. The van der Waals surface area contributed by atoms with Crippen LogP contribution in [-0.2, 0) is 6.61 Å². The smallest absolute Gasteiger partial charge is 0.258 e. The van der Waals surface area contributed by atoms with Gasteiger partial charge in [-0.2, -0.15) is 4.98 Å². The Bertz CT molecular complexity index is 436. The summed E-state index contributed by atoms with van der Waals surface area (Å²) in [5.74, 6) is 1.43. The molecule has 1 N–H and O–H groups in total. The monoisotopic (exact) mass is 206 g/mol. The van der Waals surface area contributed by atoms with Crippen LogP contribution < -0.4 is 4.74 Å². The van der Waals surface area contributed by atoms with E-state index in [0.29, 0.717) is 5.89 Å². The van der Waals surface area contributed by atoms with Gasteiger partial charge < -0.3 is 14.4 Å². The zero-order valence-electron chi connectivity index (χ0n) is 8.17. The van der Waals surface area contributed by atoms with Gasteiger partial charge in [0.25, 0.3) is 5.89 Å². The van der Waals surface area contributed by atoms with Gasteiger partial charge in [-0.05, 0) is 24.3 Å². The normalized spacial score (nSPS) is 10.3. The average molecular weight is 206 g/mol. The third kappa shape index (κ3) is 1.97. The van der Waals surface area contributed by atoms with Gasteiger partial charge in [0.2, 0.25) is 0 Å². The standard InChI is InChI=1S/C10H10N2O3/c1-14-8-4-2-7(3-5-8)10-11-9(6-13)12-15-10/h2-5,13H,6H2,1H3. The van der Waals surface area contributed by atoms with E-state index in [2.05, 4.69) is 10.1 Å². The van der Waals surface area contributed by atoms with Crippen molar-refractivity contribution in [1.29, 1.82) is 0 Å². The molecule has 1 aromatic heterocycles. The molecule has 0 aliphatic heterocycles. The number of rotatable bonds is 3. The van der Waals surface area contributed by atoms with Crippen LogP contribution in [0, 0.1) is 0 Å². The molecule has 0 aliphatic rings. The fourth-order valence-corrected chi connectivity index (χ4v) is 1.17. The van der Waals surface area contributed by atoms with Crippen LogP contribution in [0.15, 0.2) is 28.8 Å². The molecule has 0 unspecified atom stereocenters. The fraction of sp³-hybridized carbons (Fsp3) is 0.200. The molecular formula is C10H10N2O3. The highest BCUT2D eigenvalue weighted by Gasteiger charge is 2.07. The second-order valence-electron chi connectivity index (χ2n) is 2.90. The minimum atomic E-state index is -0.223. The van der Waals surface area contributed by atoms with Crippen LogP contribution in [0.25, 0.3) is 11.5 Å². The molecule has 1 heterocycles. The van der Waals surface area contributed by atoms with Crippen molar-refractivity contribution in [2.75, 3.05) is 7.11 Å². The molecule has 78 valence electrons. The lowest BCUT2D eigenvalue weighted by Gasteiger charge is -1.98. The van der Waals surface area contributed by atoms with Crippen molar-refractivity contribution in [2.24, 2.45) is 0 Å². The molecule has 0 spiro atoms. The molecule has 1 aromatic carbocycles. The predicted molar refractivity (Wildman–Crippen MR) is 52.2 cm³/mol. The molecule has 2 aromatic rings. The summed E-state index contributed by atoms with van der Waals surface area (Å²) in [5.41, 5.74) is 0.794. The summed E-state index contributed by atoms with van der Waals surface area (Å²) in [6, 6.07) is 7.23. The van der Waals surface area contributed by atoms with Gasteiger partial charge >= 0.3 is 0 Å². The van der Waals surface area contributed by atoms with Crippen molar-refractivity contribution >= 4 is 0 Å². The Morgan fingerprint density at radius 1 is 1.33 bits per heavy atom. The summed E-state index contributed by atoms with van der Waals surface area (Å²) < 4.78 is 9.98. The maximum Gasteiger partial charge on any atom is 0.258 e. The number of hydrogen-bond acceptors (Lipinski definition) is 5. The first-order valence-corrected chi connectivity index (χ1v) is 4.41. The maximum absolute atomic E-state index is 8.78. The Labute approximate surface area is 86.3 Å². The fourth-order valence-electron chi connectivity index (χ4n) is 1.17. The van der Waals surface area contributed by atoms with Gasteiger partial charge in [0.15, 0.2) is 5.82 Å². The Hall–Kier alpha value is -1.88. The summed E-state index contributed by atoms with van der Waals surface area (Å²) >= 11 is 0. The maximum atomic E-state index is 8.78. The van der Waals surface area contributed by atoms with Gasteiger partial charge in [0.05, 0.1) is 7.11 Å². The second-order valence-corrected chi connectivity index (χ2v) is 2.90. The number of ether oxygens (including phenoxy) is 1. The van der Waals surface area contributed by atoms with Crippen molar-refractivity contribution in [3.63, 3.8) is 0 Å². The van der Waals surface area contributed by atoms with Gasteiger partial charge in [-0.3, -0.25) is 0 Å². The Morgan fingerprint density at radius 3 is 2.60 bits per heavy atom. The molecule has 0 bridgehead atoms. The molecular weight excluding hydrogens is 196 g/mol. The highest BCUT2D eigenvalue weighted by Crippen LogP contribution is 2.20. The molecule has 2 rings (SSSR count). The van der Waals surface area contributed by atoms with Gasteiger partial charge in [-0.25, -0.2) is 0 Å². The molecule has 0 fully saturated rings. The van der Waals surface area contributed by atoms with Gasteiger partial charge in [-0.15, -0.1) is 0 Å². The van der Waals surface area contributed by atoms with Gasteiger partial charge in [0.1, 0.15) is 12.4 Å². The van der Waals surface area contributed by atoms with E-state index >= 15 is 0 Å². The minimum Gasteiger partial charge on any atom is -0.497 e. The molecule has 0 saturated heterocycles. The Morgan fingerprint density at radius 2 is 2.07 bits per heavy atom. The SMILES string of the molecule is COc1ccc(-c2nc(CO)no2)cc1. The Balaban J connectivity index is 2.28. The summed E-state index contributed by atoms with van der Waals surface area (Å²) in [6.45, 7) is -0.223. The van der Waals surface area contributed by atoms with E-state index in [1.165, 1.54) is 0 Å². The topological polar surface area (TPSA) is 68.4 Å². The largest absolute Gasteiger partial charge is 0.497 e. The van der Waals surface area contributed by atoms with E-state index < -0.39 is 0 Å². The summed E-state index contributed by atoms with van der Waals surface area (Å²) in [6.07, 6.45) is 0. The van der Waals surface area contributed by atoms with Crippen molar-refractivity contribution in [1.82, 2.24) is 10.1 Å². The van der Waals surface area contributed by atoms with E-state index in [1.54, 1.807) is 19.2 Å². The van der Waals surface area contributed by atoms with Crippen LogP contribution in [0.4, 0.5) is 0 Å². The van der Waals surface area contributed by atoms with Crippen LogP contribution in [0.1, 0.15) is 5.82 Å². The van der Waals surface area contributed by atoms with Crippen LogP contribution in [0.3, 0.4) is 0 Å². The first-order valence-electron chi connectivity index (χ1n) is 4.41. The first kappa shape index (κ1) is 9.67. The van der Waals surface area contributed by atoms with Crippen molar-refractivity contribution in [3.8, 4) is 17.2 Å². The molecule has 0 amide bonds. The van der Waals surface area contributed by atoms with Crippen molar-refractivity contribution < 1.29 is 14.4 Å². The quantitative estimate of drug-likeness (QED) is 0.818. The summed E-state index contributed by atoms with van der Waals surface area (Å²) in [7, 11) is 1.60. The number of aliphatic hydroxyl groups is 1. The van der Waals surface area contributed by atoms with Gasteiger partial charge in [-0.1, -0.05) is 5.16 Å². The lowest BCUT2D eigenvalue weighted by atomic mass is 10.2. The van der Waals surface area contributed by atoms with E-state index in [9.17, 15) is 0 Å². The number of aliphatic hydroxyl groups excluding tert-OH is 1. The third-order valence-corrected chi connectivity index (χ3v) is 1.95. The predicted octanol–water partition coefficient (Wildman–Crippen LogP) is 1.24. The molecule has 0 atom stereocenters. The molecule has 0 aliphatic carbocycles. The number of nitrogens with zero attached hydrogens (tertiary/aromatic N) is 2. The minimum absolute atomic E-state index is 0.223. The average Bonchev–Trinajstić information content (AvgIpc) is 2.78. The van der Waals surface area contributed by atoms with Crippen LogP contribution >= 0.6 is 0 Å². The van der Waals surface area contributed by atoms with E-state index in [4.69, 9.17) is 14.4 Å². The number of hydrogen-bond donors (Lipinski definition) is 1. The number of methoxy groups -OCH3 is 1. The van der Waals surface area contributed by atoms with Crippen molar-refractivity contribution in [3.05, 3.63) is 30.1 Å². The molecule has 0 saturated carbocycles. The molecule has 5 nitrogen and oxygen atoms in total. The van der Waals surface area contributed by atoms with Gasteiger partial charge in [0, 0.05) is 5.56 Å². The molecule has 0 radical (unpaired) electrons. The summed E-state index contributed by atoms with van der Waals surface area (Å²) in [5, 5.41) is 12.4. The number of aromatic nitrogens is 2. The van der Waals surface area contributed by atoms with E-state index in [1.807, 2.05) is 12.1 Å². The second kappa shape index (κ2) is 4.10. The van der Waals surface area contributed by atoms with E-state index in [0.717, 1.165) is 11.3 Å².